The Labute approximate surface area is 195 Å². The molecule has 2 amide bonds. The Hall–Kier alpha value is -3.85. The Morgan fingerprint density at radius 2 is 1.91 bits per heavy atom. The highest BCUT2D eigenvalue weighted by Gasteiger charge is 2.24. The molecule has 8 nitrogen and oxygen atoms in total. The summed E-state index contributed by atoms with van der Waals surface area (Å²) in [5.74, 6) is 1.39. The SMILES string of the molecule is COc1ccc(C2=NN(Cc3ccccc3NC(=O)c3cccnc3)C(=O)SC2)cc1OC. The van der Waals surface area contributed by atoms with Gasteiger partial charge in [0, 0.05) is 29.4 Å². The number of carbonyl (C=O) groups excluding carboxylic acids is 2. The Bertz CT molecular complexity index is 1200. The molecule has 2 aromatic carbocycles. The fraction of sp³-hybridized carbons (Fsp3) is 0.167. The number of carbonyl (C=O) groups is 2. The van der Waals surface area contributed by atoms with Gasteiger partial charge < -0.3 is 14.8 Å². The summed E-state index contributed by atoms with van der Waals surface area (Å²) in [6, 6.07) is 16.3. The summed E-state index contributed by atoms with van der Waals surface area (Å²) in [7, 11) is 3.15. The number of amides is 2. The Balaban J connectivity index is 1.57. The summed E-state index contributed by atoms with van der Waals surface area (Å²) >= 11 is 1.18. The van der Waals surface area contributed by atoms with Crippen molar-refractivity contribution in [3.63, 3.8) is 0 Å². The molecule has 0 fully saturated rings. The van der Waals surface area contributed by atoms with Crippen molar-refractivity contribution in [2.24, 2.45) is 5.10 Å². The predicted molar refractivity (Wildman–Crippen MR) is 128 cm³/mol. The van der Waals surface area contributed by atoms with Crippen LogP contribution < -0.4 is 14.8 Å². The molecule has 1 aliphatic rings. The fourth-order valence-electron chi connectivity index (χ4n) is 3.31. The van der Waals surface area contributed by atoms with Gasteiger partial charge in [-0.05, 0) is 42.0 Å². The van der Waals surface area contributed by atoms with Crippen LogP contribution in [0.3, 0.4) is 0 Å². The Kier molecular flexibility index (Phi) is 6.89. The van der Waals surface area contributed by atoms with Gasteiger partial charge in [0.05, 0.1) is 32.0 Å². The van der Waals surface area contributed by atoms with Crippen molar-refractivity contribution >= 4 is 34.3 Å². The molecule has 0 atom stereocenters. The number of ether oxygens (including phenoxy) is 2. The van der Waals surface area contributed by atoms with Crippen LogP contribution in [0.1, 0.15) is 21.5 Å². The van der Waals surface area contributed by atoms with E-state index < -0.39 is 0 Å². The molecular formula is C24H22N4O4S. The Morgan fingerprint density at radius 1 is 1.09 bits per heavy atom. The topological polar surface area (TPSA) is 93.1 Å². The molecular weight excluding hydrogens is 440 g/mol. The highest BCUT2D eigenvalue weighted by molar-refractivity contribution is 8.14. The molecule has 0 radical (unpaired) electrons. The lowest BCUT2D eigenvalue weighted by Gasteiger charge is -2.24. The number of aromatic nitrogens is 1. The van der Waals surface area contributed by atoms with Crippen molar-refractivity contribution in [3.05, 3.63) is 83.7 Å². The number of hydrazone groups is 1. The second kappa shape index (κ2) is 10.2. The first kappa shape index (κ1) is 22.3. The molecule has 1 N–H and O–H groups in total. The van der Waals surface area contributed by atoms with E-state index in [0.29, 0.717) is 28.5 Å². The second-order valence-corrected chi connectivity index (χ2v) is 8.01. The van der Waals surface area contributed by atoms with E-state index in [0.717, 1.165) is 16.8 Å². The van der Waals surface area contributed by atoms with E-state index in [2.05, 4.69) is 15.4 Å². The third-order valence-electron chi connectivity index (χ3n) is 5.01. The zero-order chi connectivity index (χ0) is 23.2. The minimum atomic E-state index is -0.274. The van der Waals surface area contributed by atoms with Gasteiger partial charge in [-0.1, -0.05) is 30.0 Å². The fourth-order valence-corrected chi connectivity index (χ4v) is 4.05. The molecule has 0 aliphatic carbocycles. The largest absolute Gasteiger partial charge is 0.493 e. The minimum absolute atomic E-state index is 0.160. The van der Waals surface area contributed by atoms with Crippen molar-refractivity contribution < 1.29 is 19.1 Å². The molecule has 1 aromatic heterocycles. The van der Waals surface area contributed by atoms with Crippen molar-refractivity contribution in [2.45, 2.75) is 6.54 Å². The molecule has 33 heavy (non-hydrogen) atoms. The average molecular weight is 463 g/mol. The van der Waals surface area contributed by atoms with Crippen LogP contribution in [0.4, 0.5) is 10.5 Å². The van der Waals surface area contributed by atoms with Gasteiger partial charge in [0.1, 0.15) is 0 Å². The number of para-hydroxylation sites is 1. The van der Waals surface area contributed by atoms with E-state index >= 15 is 0 Å². The zero-order valence-corrected chi connectivity index (χ0v) is 19.0. The summed E-state index contributed by atoms with van der Waals surface area (Å²) < 4.78 is 10.7. The lowest BCUT2D eigenvalue weighted by molar-refractivity contribution is 0.102. The van der Waals surface area contributed by atoms with Crippen molar-refractivity contribution in [1.29, 1.82) is 0 Å². The average Bonchev–Trinajstić information content (AvgIpc) is 2.86. The molecule has 0 spiro atoms. The number of hydrogen-bond donors (Lipinski definition) is 1. The van der Waals surface area contributed by atoms with E-state index in [1.54, 1.807) is 38.6 Å². The quantitative estimate of drug-likeness (QED) is 0.559. The van der Waals surface area contributed by atoms with Crippen LogP contribution in [-0.2, 0) is 6.54 Å². The number of anilines is 1. The first-order chi connectivity index (χ1) is 16.1. The van der Waals surface area contributed by atoms with Gasteiger partial charge >= 0.3 is 5.24 Å². The zero-order valence-electron chi connectivity index (χ0n) is 18.1. The summed E-state index contributed by atoms with van der Waals surface area (Å²) in [6.07, 6.45) is 3.11. The number of methoxy groups -OCH3 is 2. The first-order valence-corrected chi connectivity index (χ1v) is 11.1. The molecule has 0 bridgehead atoms. The van der Waals surface area contributed by atoms with E-state index in [9.17, 15) is 9.59 Å². The van der Waals surface area contributed by atoms with Crippen molar-refractivity contribution in [2.75, 3.05) is 25.3 Å². The molecule has 0 saturated heterocycles. The predicted octanol–water partition coefficient (Wildman–Crippen LogP) is 4.42. The number of nitrogens with one attached hydrogen (secondary N) is 1. The number of nitrogens with zero attached hydrogens (tertiary/aromatic N) is 3. The molecule has 2 heterocycles. The van der Waals surface area contributed by atoms with Gasteiger partial charge in [-0.15, -0.1) is 0 Å². The molecule has 0 unspecified atom stereocenters. The second-order valence-electron chi connectivity index (χ2n) is 7.08. The highest BCUT2D eigenvalue weighted by Crippen LogP contribution is 2.30. The summed E-state index contributed by atoms with van der Waals surface area (Å²) in [4.78, 5) is 29.2. The van der Waals surface area contributed by atoms with Crippen LogP contribution in [0.15, 0.2) is 72.1 Å². The monoisotopic (exact) mass is 462 g/mol. The molecule has 3 aromatic rings. The smallest absolute Gasteiger partial charge is 0.302 e. The van der Waals surface area contributed by atoms with E-state index in [-0.39, 0.29) is 17.7 Å². The molecule has 9 heteroatoms. The Morgan fingerprint density at radius 3 is 2.67 bits per heavy atom. The molecule has 4 rings (SSSR count). The van der Waals surface area contributed by atoms with Gasteiger partial charge in [-0.3, -0.25) is 14.6 Å². The van der Waals surface area contributed by atoms with Gasteiger partial charge in [-0.2, -0.15) is 5.10 Å². The van der Waals surface area contributed by atoms with Gasteiger partial charge in [0.15, 0.2) is 11.5 Å². The third-order valence-corrected chi connectivity index (χ3v) is 5.89. The van der Waals surface area contributed by atoms with Crippen LogP contribution >= 0.6 is 11.8 Å². The van der Waals surface area contributed by atoms with Crippen molar-refractivity contribution in [1.82, 2.24) is 9.99 Å². The van der Waals surface area contributed by atoms with E-state index in [1.807, 2.05) is 36.4 Å². The van der Waals surface area contributed by atoms with Crippen LogP contribution in [0.25, 0.3) is 0 Å². The molecule has 168 valence electrons. The van der Waals surface area contributed by atoms with Crippen LogP contribution in [0.5, 0.6) is 11.5 Å². The summed E-state index contributed by atoms with van der Waals surface area (Å²) in [5, 5.41) is 8.75. The lowest BCUT2D eigenvalue weighted by Crippen LogP contribution is -2.30. The van der Waals surface area contributed by atoms with Crippen LogP contribution in [-0.4, -0.2) is 46.8 Å². The third kappa shape index (κ3) is 5.15. The number of rotatable bonds is 7. The van der Waals surface area contributed by atoms with Crippen molar-refractivity contribution in [3.8, 4) is 11.5 Å². The van der Waals surface area contributed by atoms with Gasteiger partial charge in [-0.25, -0.2) is 5.01 Å². The maximum atomic E-state index is 12.6. The summed E-state index contributed by atoms with van der Waals surface area (Å²) in [6.45, 7) is 0.214. The normalized spacial score (nSPS) is 13.3. The maximum absolute atomic E-state index is 12.6. The first-order valence-electron chi connectivity index (χ1n) is 10.1. The number of thioether (sulfide) groups is 1. The number of benzene rings is 2. The van der Waals surface area contributed by atoms with Crippen LogP contribution in [0.2, 0.25) is 0 Å². The van der Waals surface area contributed by atoms with Gasteiger partial charge in [0.25, 0.3) is 5.91 Å². The maximum Gasteiger partial charge on any atom is 0.302 e. The van der Waals surface area contributed by atoms with Crippen LogP contribution in [0, 0.1) is 0 Å². The molecule has 1 aliphatic heterocycles. The minimum Gasteiger partial charge on any atom is -0.493 e. The summed E-state index contributed by atoms with van der Waals surface area (Å²) in [5.41, 5.74) is 3.41. The standard InChI is InChI=1S/C24H22N4O4S/c1-31-21-10-9-16(12-22(21)32-2)20-15-33-24(30)28(27-20)14-18-6-3-4-8-19(18)26-23(29)17-7-5-11-25-13-17/h3-13H,14-15H2,1-2H3,(H,26,29). The molecule has 0 saturated carbocycles. The number of hydrogen-bond acceptors (Lipinski definition) is 7. The van der Waals surface area contributed by atoms with E-state index in [4.69, 9.17) is 9.47 Å². The van der Waals surface area contributed by atoms with E-state index in [1.165, 1.54) is 23.0 Å². The van der Waals surface area contributed by atoms with Gasteiger partial charge in [0.2, 0.25) is 0 Å². The highest BCUT2D eigenvalue weighted by atomic mass is 32.2. The number of pyridine rings is 1. The lowest BCUT2D eigenvalue weighted by atomic mass is 10.1.